The van der Waals surface area contributed by atoms with E-state index in [9.17, 15) is 30.3 Å². The van der Waals surface area contributed by atoms with Gasteiger partial charge in [0.05, 0.1) is 25.4 Å². The van der Waals surface area contributed by atoms with Gasteiger partial charge in [-0.05, 0) is 83.5 Å². The second-order valence-corrected chi connectivity index (χ2v) is 26.4. The van der Waals surface area contributed by atoms with E-state index in [2.05, 4.69) is 104 Å². The summed E-state index contributed by atoms with van der Waals surface area (Å²) >= 11 is 0. The summed E-state index contributed by atoms with van der Waals surface area (Å²) in [4.78, 5) is 13.2. The molecular weight excluding hydrogens is 1110 g/mol. The molecule has 0 saturated carbocycles. The Morgan fingerprint density at radius 2 is 0.700 bits per heavy atom. The van der Waals surface area contributed by atoms with Crippen LogP contribution in [0.2, 0.25) is 0 Å². The van der Waals surface area contributed by atoms with E-state index < -0.39 is 49.5 Å². The zero-order chi connectivity index (χ0) is 64.9. The summed E-state index contributed by atoms with van der Waals surface area (Å²) in [6.07, 6.45) is 94.0. The number of aliphatic hydroxyl groups is 5. The fraction of sp³-hybridized carbons (Fsp3) is 0.790. The lowest BCUT2D eigenvalue weighted by Gasteiger charge is -2.40. The second-order valence-electron chi connectivity index (χ2n) is 26.4. The van der Waals surface area contributed by atoms with Gasteiger partial charge in [0.25, 0.3) is 0 Å². The maximum atomic E-state index is 13.2. The van der Waals surface area contributed by atoms with E-state index in [1.54, 1.807) is 6.08 Å². The predicted molar refractivity (Wildman–Crippen MR) is 387 cm³/mol. The molecule has 1 saturated heterocycles. The Morgan fingerprint density at radius 1 is 0.389 bits per heavy atom. The van der Waals surface area contributed by atoms with Crippen molar-refractivity contribution < 1.29 is 39.8 Å². The highest BCUT2D eigenvalue weighted by Crippen LogP contribution is 2.23. The molecule has 0 radical (unpaired) electrons. The lowest BCUT2D eigenvalue weighted by Crippen LogP contribution is -2.60. The van der Waals surface area contributed by atoms with Gasteiger partial charge in [-0.2, -0.15) is 0 Å². The molecule has 0 aliphatic carbocycles. The van der Waals surface area contributed by atoms with Crippen LogP contribution in [0.5, 0.6) is 0 Å². The topological polar surface area (TPSA) is 149 Å². The maximum absolute atomic E-state index is 13.2. The van der Waals surface area contributed by atoms with Crippen LogP contribution in [0.3, 0.4) is 0 Å². The molecule has 0 aromatic rings. The average molecular weight is 1260 g/mol. The van der Waals surface area contributed by atoms with Gasteiger partial charge in [-0.1, -0.05) is 361 Å². The van der Waals surface area contributed by atoms with Crippen molar-refractivity contribution in [1.29, 1.82) is 0 Å². The van der Waals surface area contributed by atoms with E-state index in [0.717, 1.165) is 77.0 Å². The number of carbonyl (C=O) groups is 1. The van der Waals surface area contributed by atoms with Crippen molar-refractivity contribution in [2.45, 2.75) is 397 Å². The average Bonchev–Trinajstić information content (AvgIpc) is 1.28. The van der Waals surface area contributed by atoms with E-state index in [-0.39, 0.29) is 12.5 Å². The molecule has 0 aromatic carbocycles. The molecule has 6 N–H and O–H groups in total. The summed E-state index contributed by atoms with van der Waals surface area (Å²) in [6.45, 7) is 3.69. The molecular formula is C81H145NO8. The molecule has 522 valence electrons. The van der Waals surface area contributed by atoms with Crippen LogP contribution in [-0.4, -0.2) is 87.5 Å². The van der Waals surface area contributed by atoms with Gasteiger partial charge in [0.1, 0.15) is 24.4 Å². The first-order chi connectivity index (χ1) is 44.3. The van der Waals surface area contributed by atoms with E-state index >= 15 is 0 Å². The van der Waals surface area contributed by atoms with Gasteiger partial charge in [0.15, 0.2) is 6.29 Å². The van der Waals surface area contributed by atoms with Crippen LogP contribution in [0.1, 0.15) is 354 Å². The Hall–Kier alpha value is -2.89. The number of carbonyl (C=O) groups excluding carboxylic acids is 1. The monoisotopic (exact) mass is 1260 g/mol. The fourth-order valence-electron chi connectivity index (χ4n) is 11.9. The number of amides is 1. The van der Waals surface area contributed by atoms with Crippen LogP contribution in [0.25, 0.3) is 0 Å². The van der Waals surface area contributed by atoms with Gasteiger partial charge < -0.3 is 40.3 Å². The third kappa shape index (κ3) is 56.6. The highest BCUT2D eigenvalue weighted by Gasteiger charge is 2.44. The summed E-state index contributed by atoms with van der Waals surface area (Å²) in [5, 5.41) is 54.9. The van der Waals surface area contributed by atoms with Crippen molar-refractivity contribution in [3.8, 4) is 0 Å². The normalized spacial score (nSPS) is 18.3. The zero-order valence-corrected chi connectivity index (χ0v) is 58.6. The number of aliphatic hydroxyl groups excluding tert-OH is 5. The molecule has 1 fully saturated rings. The summed E-state index contributed by atoms with van der Waals surface area (Å²) in [5.41, 5.74) is 0. The fourth-order valence-corrected chi connectivity index (χ4v) is 11.9. The van der Waals surface area contributed by atoms with Gasteiger partial charge in [-0.25, -0.2) is 0 Å². The Kier molecular flexibility index (Phi) is 65.2. The maximum Gasteiger partial charge on any atom is 0.220 e. The summed E-state index contributed by atoms with van der Waals surface area (Å²) < 4.78 is 11.3. The Bertz CT molecular complexity index is 1750. The van der Waals surface area contributed by atoms with E-state index in [4.69, 9.17) is 9.47 Å². The molecule has 0 aromatic heterocycles. The number of rotatable bonds is 67. The Labute approximate surface area is 555 Å². The third-order valence-electron chi connectivity index (χ3n) is 17.9. The van der Waals surface area contributed by atoms with Crippen molar-refractivity contribution in [2.24, 2.45) is 0 Å². The van der Waals surface area contributed by atoms with Crippen LogP contribution < -0.4 is 5.32 Å². The number of hydrogen-bond donors (Lipinski definition) is 6. The van der Waals surface area contributed by atoms with Gasteiger partial charge in [0.2, 0.25) is 5.91 Å². The minimum atomic E-state index is -1.58. The van der Waals surface area contributed by atoms with Crippen molar-refractivity contribution in [2.75, 3.05) is 13.2 Å². The minimum absolute atomic E-state index is 0.183. The van der Waals surface area contributed by atoms with Crippen molar-refractivity contribution in [1.82, 2.24) is 5.32 Å². The summed E-state index contributed by atoms with van der Waals surface area (Å²) in [5.74, 6) is -0.183. The minimum Gasteiger partial charge on any atom is -0.394 e. The SMILES string of the molecule is CC/C=C\C/C=C\C/C=C\C/C=C\C/C=C\C/C=C\CCCCCCCCCCCCCCCCCCCCC(=O)NC(COC1OC(CO)C(O)C(O)C1O)C(O)/C=C/CC/C=C/CCCCCCCCCCCCCCCCCCCCCCCCCC. The number of unbranched alkanes of at least 4 members (excludes halogenated alkanes) is 43. The van der Waals surface area contributed by atoms with E-state index in [1.165, 1.54) is 257 Å². The smallest absolute Gasteiger partial charge is 0.220 e. The first kappa shape index (κ1) is 85.1. The first-order valence-electron chi connectivity index (χ1n) is 38.5. The Balaban J connectivity index is 2.11. The van der Waals surface area contributed by atoms with Gasteiger partial charge in [-0.3, -0.25) is 4.79 Å². The van der Waals surface area contributed by atoms with Crippen LogP contribution in [0.4, 0.5) is 0 Å². The predicted octanol–water partition coefficient (Wildman–Crippen LogP) is 21.8. The third-order valence-corrected chi connectivity index (χ3v) is 17.9. The largest absolute Gasteiger partial charge is 0.394 e. The van der Waals surface area contributed by atoms with Crippen molar-refractivity contribution >= 4 is 5.91 Å². The molecule has 1 amide bonds. The number of allylic oxidation sites excluding steroid dienone is 15. The molecule has 7 atom stereocenters. The van der Waals surface area contributed by atoms with Gasteiger partial charge >= 0.3 is 0 Å². The molecule has 1 aliphatic heterocycles. The highest BCUT2D eigenvalue weighted by molar-refractivity contribution is 5.76. The number of nitrogens with one attached hydrogen (secondary N) is 1. The van der Waals surface area contributed by atoms with Gasteiger partial charge in [0, 0.05) is 6.42 Å². The number of hydrogen-bond acceptors (Lipinski definition) is 8. The van der Waals surface area contributed by atoms with Crippen LogP contribution in [0, 0.1) is 0 Å². The van der Waals surface area contributed by atoms with Crippen LogP contribution >= 0.6 is 0 Å². The van der Waals surface area contributed by atoms with E-state index in [1.807, 2.05) is 6.08 Å². The Morgan fingerprint density at radius 3 is 1.07 bits per heavy atom. The van der Waals surface area contributed by atoms with E-state index in [0.29, 0.717) is 6.42 Å². The quantitative estimate of drug-likeness (QED) is 0.0261. The molecule has 9 heteroatoms. The number of ether oxygens (including phenoxy) is 2. The molecule has 1 heterocycles. The zero-order valence-electron chi connectivity index (χ0n) is 58.6. The highest BCUT2D eigenvalue weighted by atomic mass is 16.7. The van der Waals surface area contributed by atoms with Crippen molar-refractivity contribution in [3.05, 3.63) is 97.2 Å². The molecule has 0 spiro atoms. The molecule has 9 nitrogen and oxygen atoms in total. The van der Waals surface area contributed by atoms with Crippen molar-refractivity contribution in [3.63, 3.8) is 0 Å². The summed E-state index contributed by atoms with van der Waals surface area (Å²) in [6, 6.07) is -0.827. The summed E-state index contributed by atoms with van der Waals surface area (Å²) in [7, 11) is 0. The molecule has 7 unspecified atom stereocenters. The first-order valence-corrected chi connectivity index (χ1v) is 38.5. The molecule has 1 aliphatic rings. The van der Waals surface area contributed by atoms with Gasteiger partial charge in [-0.15, -0.1) is 0 Å². The van der Waals surface area contributed by atoms with Crippen LogP contribution in [0.15, 0.2) is 97.2 Å². The molecule has 90 heavy (non-hydrogen) atoms. The molecule has 1 rings (SSSR count). The lowest BCUT2D eigenvalue weighted by molar-refractivity contribution is -0.302. The standard InChI is InChI=1S/C81H145NO8/c1-3-5-7-9-11-13-15-17-19-21-23-25-27-29-31-33-35-36-37-38-39-40-41-43-45-47-49-51-53-55-57-59-61-63-65-67-69-71-77(85)82-74(73-89-81-80(88)79(87)78(86)76(72-83)90-81)75(84)70-68-66-64-62-60-58-56-54-52-50-48-46-44-42-34-32-30-28-26-24-22-20-18-16-14-12-10-8-6-4-2/h5,7,11,13,17,19,23,25,29,31,35-36,60,62,68,70,74-76,78-81,83-84,86-88H,3-4,6,8-10,12,14-16,18,20-22,24,26-28,30,32-34,37-59,61,63-67,69,71-73H2,1-2H3,(H,82,85)/b7-5-,13-11-,19-17-,25-23-,31-29-,36-35-,62-60+,70-68+. The lowest BCUT2D eigenvalue weighted by atomic mass is 9.99. The van der Waals surface area contributed by atoms with Crippen LogP contribution in [-0.2, 0) is 14.3 Å². The second kappa shape index (κ2) is 69.0. The molecule has 0 bridgehead atoms.